The van der Waals surface area contributed by atoms with Crippen molar-refractivity contribution >= 4 is 40.0 Å². The molecule has 2 rings (SSSR count). The Balaban J connectivity index is 2.12. The zero-order valence-electron chi connectivity index (χ0n) is 9.29. The Kier molecular flexibility index (Phi) is 4.59. The van der Waals surface area contributed by atoms with E-state index in [1.165, 1.54) is 0 Å². The maximum absolute atomic E-state index is 9.88. The van der Waals surface area contributed by atoms with Crippen molar-refractivity contribution in [3.8, 4) is 0 Å². The van der Waals surface area contributed by atoms with Crippen LogP contribution in [0, 0.1) is 9.49 Å². The largest absolute Gasteiger partial charge is 0.396 e. The van der Waals surface area contributed by atoms with Gasteiger partial charge in [0.2, 0.25) is 5.28 Å². The number of aliphatic hydroxyl groups is 3. The maximum atomic E-state index is 9.88. The molecule has 0 spiro atoms. The van der Waals surface area contributed by atoms with Crippen LogP contribution in [0.5, 0.6) is 0 Å². The number of nitrogens with one attached hydrogen (secondary N) is 1. The summed E-state index contributed by atoms with van der Waals surface area (Å²) < 4.78 is 0.770. The zero-order chi connectivity index (χ0) is 13.3. The van der Waals surface area contributed by atoms with Gasteiger partial charge in [-0.3, -0.25) is 0 Å². The number of aliphatic hydroxyl groups excluding tert-OH is 3. The van der Waals surface area contributed by atoms with Crippen molar-refractivity contribution in [2.75, 3.05) is 11.9 Å². The number of rotatable bonds is 3. The highest BCUT2D eigenvalue weighted by atomic mass is 127. The van der Waals surface area contributed by atoms with Crippen LogP contribution in [0.25, 0.3) is 0 Å². The van der Waals surface area contributed by atoms with Crippen LogP contribution in [-0.4, -0.2) is 50.1 Å². The Labute approximate surface area is 123 Å². The quantitative estimate of drug-likeness (QED) is 0.440. The first-order valence-electron chi connectivity index (χ1n) is 5.44. The van der Waals surface area contributed by atoms with Gasteiger partial charge in [0, 0.05) is 18.7 Å². The van der Waals surface area contributed by atoms with Crippen molar-refractivity contribution in [1.82, 2.24) is 9.97 Å². The fourth-order valence-corrected chi connectivity index (χ4v) is 2.62. The predicted octanol–water partition coefficient (Wildman–Crippen LogP) is 0.249. The minimum atomic E-state index is -0.938. The van der Waals surface area contributed by atoms with Crippen LogP contribution in [0.15, 0.2) is 6.20 Å². The van der Waals surface area contributed by atoms with Gasteiger partial charge in [0.1, 0.15) is 11.9 Å². The van der Waals surface area contributed by atoms with Crippen LogP contribution < -0.4 is 5.32 Å². The van der Waals surface area contributed by atoms with E-state index in [0.717, 1.165) is 3.57 Å². The molecular weight excluding hydrogens is 372 g/mol. The van der Waals surface area contributed by atoms with Gasteiger partial charge in [0.15, 0.2) is 0 Å². The third kappa shape index (κ3) is 2.85. The minimum Gasteiger partial charge on any atom is -0.396 e. The molecule has 1 fully saturated rings. The van der Waals surface area contributed by atoms with Crippen molar-refractivity contribution in [3.05, 3.63) is 15.1 Å². The molecule has 100 valence electrons. The highest BCUT2D eigenvalue weighted by Gasteiger charge is 2.41. The minimum absolute atomic E-state index is 0.115. The second-order valence-corrected chi connectivity index (χ2v) is 5.75. The molecule has 1 aromatic rings. The van der Waals surface area contributed by atoms with E-state index in [9.17, 15) is 10.2 Å². The lowest BCUT2D eigenvalue weighted by Crippen LogP contribution is -2.35. The van der Waals surface area contributed by atoms with Crippen molar-refractivity contribution < 1.29 is 15.3 Å². The van der Waals surface area contributed by atoms with Crippen LogP contribution in [-0.2, 0) is 0 Å². The van der Waals surface area contributed by atoms with E-state index in [1.54, 1.807) is 6.20 Å². The van der Waals surface area contributed by atoms with Gasteiger partial charge >= 0.3 is 0 Å². The fourth-order valence-electron chi connectivity index (χ4n) is 2.07. The molecule has 0 unspecified atom stereocenters. The second-order valence-electron chi connectivity index (χ2n) is 4.25. The number of anilines is 1. The Morgan fingerprint density at radius 2 is 2.17 bits per heavy atom. The molecule has 4 N–H and O–H groups in total. The Bertz CT molecular complexity index is 437. The molecular formula is C10H13ClIN3O3. The molecule has 0 radical (unpaired) electrons. The van der Waals surface area contributed by atoms with Gasteiger partial charge in [-0.15, -0.1) is 0 Å². The highest BCUT2D eigenvalue weighted by Crippen LogP contribution is 2.29. The summed E-state index contributed by atoms with van der Waals surface area (Å²) in [6.07, 6.45) is 0.171. The third-order valence-corrected chi connectivity index (χ3v) is 4.04. The molecule has 0 saturated heterocycles. The average Bonchev–Trinajstić information content (AvgIpc) is 2.62. The van der Waals surface area contributed by atoms with E-state index in [2.05, 4.69) is 37.9 Å². The topological polar surface area (TPSA) is 98.5 Å². The Morgan fingerprint density at radius 3 is 2.78 bits per heavy atom. The molecule has 1 aromatic heterocycles. The predicted molar refractivity (Wildman–Crippen MR) is 74.4 cm³/mol. The number of aromatic nitrogens is 2. The van der Waals surface area contributed by atoms with Gasteiger partial charge in [-0.2, -0.15) is 4.98 Å². The number of hydrogen-bond donors (Lipinski definition) is 4. The molecule has 1 aliphatic carbocycles. The second kappa shape index (κ2) is 5.83. The first kappa shape index (κ1) is 14.2. The Hall–Kier alpha value is -0.220. The summed E-state index contributed by atoms with van der Waals surface area (Å²) >= 11 is 7.76. The van der Waals surface area contributed by atoms with Crippen molar-refractivity contribution in [2.45, 2.75) is 24.7 Å². The van der Waals surface area contributed by atoms with Crippen molar-refractivity contribution in [3.63, 3.8) is 0 Å². The van der Waals surface area contributed by atoms with E-state index in [1.807, 2.05) is 0 Å². The molecule has 4 atom stereocenters. The SMILES string of the molecule is OC[C@H]1C[C@@H](Nc2nc(Cl)ncc2I)[C@H](O)[C@@H]1O. The number of hydrogen-bond acceptors (Lipinski definition) is 6. The first-order chi connectivity index (χ1) is 8.52. The molecule has 1 saturated carbocycles. The lowest BCUT2D eigenvalue weighted by atomic mass is 10.1. The molecule has 0 amide bonds. The van der Waals surface area contributed by atoms with E-state index >= 15 is 0 Å². The van der Waals surface area contributed by atoms with E-state index in [4.69, 9.17) is 16.7 Å². The fraction of sp³-hybridized carbons (Fsp3) is 0.600. The van der Waals surface area contributed by atoms with Crippen LogP contribution in [0.4, 0.5) is 5.82 Å². The molecule has 0 bridgehead atoms. The van der Waals surface area contributed by atoms with Crippen LogP contribution in [0.1, 0.15) is 6.42 Å². The molecule has 6 nitrogen and oxygen atoms in total. The van der Waals surface area contributed by atoms with E-state index in [0.29, 0.717) is 12.2 Å². The Morgan fingerprint density at radius 1 is 1.44 bits per heavy atom. The lowest BCUT2D eigenvalue weighted by Gasteiger charge is -2.19. The molecule has 0 aromatic carbocycles. The number of halogens is 2. The summed E-state index contributed by atoms with van der Waals surface area (Å²) in [5.74, 6) is 0.193. The van der Waals surface area contributed by atoms with Crippen molar-refractivity contribution in [1.29, 1.82) is 0 Å². The van der Waals surface area contributed by atoms with Gasteiger partial charge < -0.3 is 20.6 Å². The maximum Gasteiger partial charge on any atom is 0.224 e. The summed E-state index contributed by atoms with van der Waals surface area (Å²) in [6.45, 7) is -0.155. The van der Waals surface area contributed by atoms with Gasteiger partial charge in [-0.25, -0.2) is 4.98 Å². The van der Waals surface area contributed by atoms with Gasteiger partial charge in [0.05, 0.1) is 15.7 Å². The van der Waals surface area contributed by atoms with Gasteiger partial charge in [-0.1, -0.05) is 0 Å². The number of nitrogens with zero attached hydrogens (tertiary/aromatic N) is 2. The normalized spacial score (nSPS) is 31.6. The average molecular weight is 386 g/mol. The monoisotopic (exact) mass is 385 g/mol. The van der Waals surface area contributed by atoms with Crippen LogP contribution >= 0.6 is 34.2 Å². The van der Waals surface area contributed by atoms with Gasteiger partial charge in [0.25, 0.3) is 0 Å². The summed E-state index contributed by atoms with van der Waals surface area (Å²) in [5, 5.41) is 31.8. The highest BCUT2D eigenvalue weighted by molar-refractivity contribution is 14.1. The molecule has 18 heavy (non-hydrogen) atoms. The first-order valence-corrected chi connectivity index (χ1v) is 6.90. The van der Waals surface area contributed by atoms with Gasteiger partial charge in [-0.05, 0) is 40.6 Å². The lowest BCUT2D eigenvalue weighted by molar-refractivity contribution is 0.00445. The third-order valence-electron chi connectivity index (χ3n) is 3.07. The molecule has 1 heterocycles. The van der Waals surface area contributed by atoms with E-state index in [-0.39, 0.29) is 23.9 Å². The molecule has 8 heteroatoms. The van der Waals surface area contributed by atoms with Crippen molar-refractivity contribution in [2.24, 2.45) is 5.92 Å². The standard InChI is InChI=1S/C10H13ClIN3O3/c11-10-13-2-5(12)9(15-10)14-6-1-4(3-16)7(17)8(6)18/h2,4,6-8,16-18H,1,3H2,(H,13,14,15)/t4-,6-,7-,8+/m1/s1. The summed E-state index contributed by atoms with van der Waals surface area (Å²) in [7, 11) is 0. The summed E-state index contributed by atoms with van der Waals surface area (Å²) in [4.78, 5) is 7.86. The summed E-state index contributed by atoms with van der Waals surface area (Å²) in [6, 6.07) is -0.364. The van der Waals surface area contributed by atoms with Crippen LogP contribution in [0.3, 0.4) is 0 Å². The zero-order valence-corrected chi connectivity index (χ0v) is 12.2. The van der Waals surface area contributed by atoms with Crippen LogP contribution in [0.2, 0.25) is 5.28 Å². The molecule has 0 aliphatic heterocycles. The summed E-state index contributed by atoms with van der Waals surface area (Å²) in [5.41, 5.74) is 0. The molecule has 1 aliphatic rings. The smallest absolute Gasteiger partial charge is 0.224 e. The van der Waals surface area contributed by atoms with E-state index < -0.39 is 12.2 Å².